The second-order valence-corrected chi connectivity index (χ2v) is 4.96. The Labute approximate surface area is 122 Å². The molecule has 0 aliphatic carbocycles. The lowest BCUT2D eigenvalue weighted by Gasteiger charge is -2.19. The van der Waals surface area contributed by atoms with Crippen molar-refractivity contribution < 1.29 is 9.47 Å². The van der Waals surface area contributed by atoms with E-state index in [1.54, 1.807) is 7.11 Å². The molecular weight excluding hydrogens is 254 g/mol. The van der Waals surface area contributed by atoms with E-state index in [1.807, 2.05) is 6.20 Å². The monoisotopic (exact) mass is 283 g/mol. The topological polar surface area (TPSA) is 48.3 Å². The molecule has 1 atom stereocenters. The van der Waals surface area contributed by atoms with Crippen molar-refractivity contribution in [3.05, 3.63) is 18.2 Å². The van der Waals surface area contributed by atoms with E-state index in [0.29, 0.717) is 25.9 Å². The van der Waals surface area contributed by atoms with E-state index in [-0.39, 0.29) is 0 Å². The molecule has 1 N–H and O–H groups in total. The van der Waals surface area contributed by atoms with E-state index < -0.39 is 0 Å². The largest absolute Gasteiger partial charge is 0.382 e. The van der Waals surface area contributed by atoms with Crippen LogP contribution in [0.2, 0.25) is 0 Å². The molecule has 0 saturated heterocycles. The van der Waals surface area contributed by atoms with Crippen LogP contribution in [0.25, 0.3) is 0 Å². The van der Waals surface area contributed by atoms with Crippen molar-refractivity contribution in [1.29, 1.82) is 0 Å². The van der Waals surface area contributed by atoms with Crippen LogP contribution < -0.4 is 5.32 Å². The second kappa shape index (κ2) is 10.8. The van der Waals surface area contributed by atoms with E-state index in [2.05, 4.69) is 34.9 Å². The number of hydrogen-bond acceptors (Lipinski definition) is 4. The smallest absolute Gasteiger partial charge is 0.110 e. The molecule has 1 heterocycles. The Morgan fingerprint density at radius 3 is 2.85 bits per heavy atom. The molecule has 116 valence electrons. The van der Waals surface area contributed by atoms with Gasteiger partial charge in [0.25, 0.3) is 0 Å². The zero-order valence-corrected chi connectivity index (χ0v) is 13.1. The molecule has 0 aromatic carbocycles. The Morgan fingerprint density at radius 1 is 1.30 bits per heavy atom. The summed E-state index contributed by atoms with van der Waals surface area (Å²) < 4.78 is 12.9. The third-order valence-electron chi connectivity index (χ3n) is 3.13. The Morgan fingerprint density at radius 2 is 2.15 bits per heavy atom. The maximum Gasteiger partial charge on any atom is 0.110 e. The number of imidazole rings is 1. The number of aromatic nitrogens is 2. The van der Waals surface area contributed by atoms with E-state index in [4.69, 9.17) is 9.47 Å². The van der Waals surface area contributed by atoms with Gasteiger partial charge in [0.15, 0.2) is 0 Å². The predicted molar refractivity (Wildman–Crippen MR) is 81.0 cm³/mol. The molecule has 0 fully saturated rings. The Hall–Kier alpha value is -0.910. The molecular formula is C15H29N3O2. The van der Waals surface area contributed by atoms with Gasteiger partial charge in [-0.15, -0.1) is 0 Å². The van der Waals surface area contributed by atoms with Crippen molar-refractivity contribution in [2.24, 2.45) is 0 Å². The van der Waals surface area contributed by atoms with Gasteiger partial charge >= 0.3 is 0 Å². The van der Waals surface area contributed by atoms with Gasteiger partial charge in [-0.25, -0.2) is 4.98 Å². The van der Waals surface area contributed by atoms with Crippen LogP contribution in [0.3, 0.4) is 0 Å². The fourth-order valence-electron chi connectivity index (χ4n) is 2.10. The molecule has 20 heavy (non-hydrogen) atoms. The van der Waals surface area contributed by atoms with E-state index >= 15 is 0 Å². The summed E-state index contributed by atoms with van der Waals surface area (Å²) in [6, 6.07) is 0.310. The van der Waals surface area contributed by atoms with Gasteiger partial charge in [-0.05, 0) is 19.4 Å². The van der Waals surface area contributed by atoms with Crippen LogP contribution in [0.5, 0.6) is 0 Å². The summed E-state index contributed by atoms with van der Waals surface area (Å²) in [5.41, 5.74) is 0. The first-order chi connectivity index (χ1) is 9.81. The minimum Gasteiger partial charge on any atom is -0.382 e. The van der Waals surface area contributed by atoms with Gasteiger partial charge in [0.1, 0.15) is 5.82 Å². The molecule has 0 aliphatic heterocycles. The van der Waals surface area contributed by atoms with Gasteiger partial charge in [-0.1, -0.05) is 13.8 Å². The number of methoxy groups -OCH3 is 1. The lowest BCUT2D eigenvalue weighted by atomic mass is 10.2. The zero-order chi connectivity index (χ0) is 14.6. The predicted octanol–water partition coefficient (Wildman–Crippen LogP) is 1.87. The number of nitrogens with one attached hydrogen (secondary N) is 1. The van der Waals surface area contributed by atoms with E-state index in [0.717, 1.165) is 38.2 Å². The van der Waals surface area contributed by atoms with Crippen LogP contribution in [0, 0.1) is 0 Å². The number of rotatable bonds is 12. The van der Waals surface area contributed by atoms with Crippen molar-refractivity contribution >= 4 is 0 Å². The summed E-state index contributed by atoms with van der Waals surface area (Å²) in [5.74, 6) is 1.13. The molecule has 1 unspecified atom stereocenters. The zero-order valence-electron chi connectivity index (χ0n) is 13.1. The summed E-state index contributed by atoms with van der Waals surface area (Å²) in [5, 5.41) is 3.53. The van der Waals surface area contributed by atoms with Gasteiger partial charge < -0.3 is 19.4 Å². The minimum atomic E-state index is 0.310. The first-order valence-electron chi connectivity index (χ1n) is 7.61. The maximum atomic E-state index is 5.66. The first-order valence-corrected chi connectivity index (χ1v) is 7.61. The summed E-state index contributed by atoms with van der Waals surface area (Å²) >= 11 is 0. The highest BCUT2D eigenvalue weighted by Gasteiger charge is 2.12. The summed E-state index contributed by atoms with van der Waals surface area (Å²) in [4.78, 5) is 4.47. The van der Waals surface area contributed by atoms with Crippen molar-refractivity contribution in [2.75, 3.05) is 33.5 Å². The number of ether oxygens (including phenoxy) is 2. The van der Waals surface area contributed by atoms with Gasteiger partial charge in [0.2, 0.25) is 0 Å². The van der Waals surface area contributed by atoms with Gasteiger partial charge in [-0.2, -0.15) is 0 Å². The fourth-order valence-corrected chi connectivity index (χ4v) is 2.10. The van der Waals surface area contributed by atoms with Crippen LogP contribution in [0.1, 0.15) is 32.5 Å². The summed E-state index contributed by atoms with van der Waals surface area (Å²) in [7, 11) is 1.69. The summed E-state index contributed by atoms with van der Waals surface area (Å²) in [6.45, 7) is 8.38. The van der Waals surface area contributed by atoms with Gasteiger partial charge in [0.05, 0.1) is 19.8 Å². The average molecular weight is 283 g/mol. The molecule has 0 bridgehead atoms. The highest BCUT2D eigenvalue weighted by Crippen LogP contribution is 2.04. The molecule has 0 saturated carbocycles. The van der Waals surface area contributed by atoms with Crippen LogP contribution >= 0.6 is 0 Å². The van der Waals surface area contributed by atoms with Crippen LogP contribution in [-0.2, 0) is 22.4 Å². The van der Waals surface area contributed by atoms with Crippen molar-refractivity contribution in [3.8, 4) is 0 Å². The minimum absolute atomic E-state index is 0.310. The Bertz CT molecular complexity index is 342. The molecule has 0 amide bonds. The van der Waals surface area contributed by atoms with Crippen molar-refractivity contribution in [2.45, 2.75) is 45.7 Å². The van der Waals surface area contributed by atoms with Gasteiger partial charge in [-0.3, -0.25) is 0 Å². The van der Waals surface area contributed by atoms with E-state index in [9.17, 15) is 0 Å². The molecule has 0 spiro atoms. The summed E-state index contributed by atoms with van der Waals surface area (Å²) in [6.07, 6.45) is 7.09. The Kier molecular flexibility index (Phi) is 9.28. The third-order valence-corrected chi connectivity index (χ3v) is 3.13. The normalized spacial score (nSPS) is 12.8. The van der Waals surface area contributed by atoms with E-state index in [1.165, 1.54) is 0 Å². The average Bonchev–Trinajstić information content (AvgIpc) is 2.88. The fraction of sp³-hybridized carbons (Fsp3) is 0.800. The number of aryl methyl sites for hydroxylation is 1. The SMILES string of the molecule is CCCNC(COCCOC)Cc1nccn1CCC. The number of nitrogens with zero attached hydrogens (tertiary/aromatic N) is 2. The van der Waals surface area contributed by atoms with Gasteiger partial charge in [0, 0.05) is 38.5 Å². The third kappa shape index (κ3) is 6.50. The lowest BCUT2D eigenvalue weighted by molar-refractivity contribution is 0.0583. The first kappa shape index (κ1) is 17.1. The molecule has 5 heteroatoms. The highest BCUT2D eigenvalue weighted by atomic mass is 16.5. The second-order valence-electron chi connectivity index (χ2n) is 4.96. The molecule has 1 rings (SSSR count). The highest BCUT2D eigenvalue weighted by molar-refractivity contribution is 4.95. The molecule has 5 nitrogen and oxygen atoms in total. The van der Waals surface area contributed by atoms with Crippen molar-refractivity contribution in [1.82, 2.24) is 14.9 Å². The number of hydrogen-bond donors (Lipinski definition) is 1. The molecule has 0 radical (unpaired) electrons. The van der Waals surface area contributed by atoms with Crippen LogP contribution in [0.4, 0.5) is 0 Å². The Balaban J connectivity index is 2.47. The van der Waals surface area contributed by atoms with Crippen molar-refractivity contribution in [3.63, 3.8) is 0 Å². The quantitative estimate of drug-likeness (QED) is 0.595. The maximum absolute atomic E-state index is 5.66. The molecule has 0 aliphatic rings. The molecule has 1 aromatic rings. The van der Waals surface area contributed by atoms with Crippen LogP contribution in [-0.4, -0.2) is 49.1 Å². The molecule has 1 aromatic heterocycles. The lowest BCUT2D eigenvalue weighted by Crippen LogP contribution is -2.37. The standard InChI is InChI=1S/C15H29N3O2/c1-4-6-16-14(13-20-11-10-19-3)12-15-17-7-9-18(15)8-5-2/h7,9,14,16H,4-6,8,10-13H2,1-3H3. The van der Waals surface area contributed by atoms with Crippen LogP contribution in [0.15, 0.2) is 12.4 Å².